The highest BCUT2D eigenvalue weighted by Gasteiger charge is 2.33. The molecular weight excluding hydrogens is 348 g/mol. The predicted octanol–water partition coefficient (Wildman–Crippen LogP) is 6.19. The fraction of sp³-hybridized carbons (Fsp3) is 0.720. The van der Waals surface area contributed by atoms with Gasteiger partial charge in [-0.05, 0) is 80.9 Å². The van der Waals surface area contributed by atoms with E-state index in [1.54, 1.807) is 0 Å². The highest BCUT2D eigenvalue weighted by molar-refractivity contribution is 5.72. The van der Waals surface area contributed by atoms with E-state index in [1.165, 1.54) is 50.5 Å². The zero-order valence-electron chi connectivity index (χ0n) is 17.8. The van der Waals surface area contributed by atoms with Gasteiger partial charge in [-0.1, -0.05) is 38.3 Å². The molecule has 2 saturated carbocycles. The third kappa shape index (κ3) is 5.99. The summed E-state index contributed by atoms with van der Waals surface area (Å²) in [4.78, 5) is 12.5. The lowest BCUT2D eigenvalue weighted by Gasteiger charge is -2.37. The Hall–Kier alpha value is -1.51. The maximum atomic E-state index is 12.5. The Morgan fingerprint density at radius 3 is 2.07 bits per heavy atom. The second kappa shape index (κ2) is 10.9. The highest BCUT2D eigenvalue weighted by atomic mass is 16.5. The van der Waals surface area contributed by atoms with Crippen LogP contribution in [-0.4, -0.2) is 19.2 Å². The quantitative estimate of drug-likeness (QED) is 0.499. The van der Waals surface area contributed by atoms with Gasteiger partial charge in [0.2, 0.25) is 0 Å². The minimum atomic E-state index is 0.0269. The number of hydrogen-bond donors (Lipinski definition) is 0. The fourth-order valence-corrected chi connectivity index (χ4v) is 5.20. The van der Waals surface area contributed by atoms with E-state index in [-0.39, 0.29) is 11.9 Å². The molecular formula is C25H38O3. The van der Waals surface area contributed by atoms with Crippen molar-refractivity contribution < 1.29 is 14.3 Å². The van der Waals surface area contributed by atoms with Crippen LogP contribution in [0.1, 0.15) is 77.2 Å². The molecule has 0 bridgehead atoms. The van der Waals surface area contributed by atoms with Gasteiger partial charge in [0.15, 0.2) is 0 Å². The highest BCUT2D eigenvalue weighted by Crippen LogP contribution is 2.42. The van der Waals surface area contributed by atoms with E-state index in [0.29, 0.717) is 13.2 Å². The second-order valence-electron chi connectivity index (χ2n) is 8.80. The Bertz CT molecular complexity index is 578. The number of benzene rings is 1. The molecule has 0 amide bonds. The van der Waals surface area contributed by atoms with Gasteiger partial charge in [0.25, 0.3) is 0 Å². The lowest BCUT2D eigenvalue weighted by Crippen LogP contribution is -2.29. The second-order valence-corrected chi connectivity index (χ2v) is 8.80. The van der Waals surface area contributed by atoms with Crippen LogP contribution in [0.25, 0.3) is 0 Å². The summed E-state index contributed by atoms with van der Waals surface area (Å²) in [5, 5.41) is 0. The average Bonchev–Trinajstić information content (AvgIpc) is 2.75. The minimum Gasteiger partial charge on any atom is -0.494 e. The molecule has 0 N–H and O–H groups in total. The van der Waals surface area contributed by atoms with Crippen LogP contribution in [0.15, 0.2) is 24.3 Å². The van der Waals surface area contributed by atoms with Crippen molar-refractivity contribution in [3.8, 4) is 5.75 Å². The van der Waals surface area contributed by atoms with Crippen LogP contribution in [-0.2, 0) is 16.0 Å². The summed E-state index contributed by atoms with van der Waals surface area (Å²) in [6, 6.07) is 8.07. The Morgan fingerprint density at radius 2 is 1.50 bits per heavy atom. The lowest BCUT2D eigenvalue weighted by atomic mass is 9.69. The Morgan fingerprint density at radius 1 is 0.893 bits per heavy atom. The molecule has 0 radical (unpaired) electrons. The molecule has 0 spiro atoms. The molecule has 3 heteroatoms. The summed E-state index contributed by atoms with van der Waals surface area (Å²) >= 11 is 0. The number of esters is 1. The van der Waals surface area contributed by atoms with Gasteiger partial charge in [-0.3, -0.25) is 4.79 Å². The molecule has 0 atom stereocenters. The van der Waals surface area contributed by atoms with Crippen LogP contribution in [0.4, 0.5) is 0 Å². The van der Waals surface area contributed by atoms with Gasteiger partial charge in [-0.2, -0.15) is 0 Å². The average molecular weight is 387 g/mol. The first-order valence-electron chi connectivity index (χ1n) is 11.6. The van der Waals surface area contributed by atoms with E-state index in [4.69, 9.17) is 9.47 Å². The number of ether oxygens (including phenoxy) is 2. The molecule has 3 rings (SSSR count). The van der Waals surface area contributed by atoms with Crippen molar-refractivity contribution >= 4 is 5.97 Å². The summed E-state index contributed by atoms with van der Waals surface area (Å²) in [6.07, 6.45) is 12.3. The van der Waals surface area contributed by atoms with Crippen molar-refractivity contribution in [1.82, 2.24) is 0 Å². The maximum Gasteiger partial charge on any atom is 0.308 e. The van der Waals surface area contributed by atoms with Gasteiger partial charge in [-0.15, -0.1) is 0 Å². The minimum absolute atomic E-state index is 0.0269. The van der Waals surface area contributed by atoms with E-state index in [2.05, 4.69) is 19.1 Å². The number of hydrogen-bond acceptors (Lipinski definition) is 3. The maximum absolute atomic E-state index is 12.5. The zero-order valence-corrected chi connectivity index (χ0v) is 17.8. The third-order valence-corrected chi connectivity index (χ3v) is 7.11. The van der Waals surface area contributed by atoms with Crippen molar-refractivity contribution in [3.63, 3.8) is 0 Å². The molecule has 2 aliphatic rings. The van der Waals surface area contributed by atoms with Gasteiger partial charge in [-0.25, -0.2) is 0 Å². The topological polar surface area (TPSA) is 35.5 Å². The lowest BCUT2D eigenvalue weighted by molar-refractivity contribution is -0.150. The molecule has 1 aromatic carbocycles. The Labute approximate surface area is 171 Å². The van der Waals surface area contributed by atoms with Crippen LogP contribution < -0.4 is 4.74 Å². The van der Waals surface area contributed by atoms with Crippen molar-refractivity contribution in [2.45, 2.75) is 78.1 Å². The van der Waals surface area contributed by atoms with Crippen LogP contribution >= 0.6 is 0 Å². The molecule has 0 heterocycles. The molecule has 0 aromatic heterocycles. The first-order chi connectivity index (χ1) is 13.7. The predicted molar refractivity (Wildman–Crippen MR) is 113 cm³/mol. The summed E-state index contributed by atoms with van der Waals surface area (Å²) < 4.78 is 11.1. The van der Waals surface area contributed by atoms with Gasteiger partial charge < -0.3 is 9.47 Å². The molecule has 28 heavy (non-hydrogen) atoms. The summed E-state index contributed by atoms with van der Waals surface area (Å²) in [7, 11) is 0. The van der Waals surface area contributed by atoms with Crippen LogP contribution in [0, 0.1) is 23.7 Å². The van der Waals surface area contributed by atoms with E-state index in [9.17, 15) is 4.79 Å². The molecule has 3 nitrogen and oxygen atoms in total. The number of carbonyl (C=O) groups is 1. The van der Waals surface area contributed by atoms with Gasteiger partial charge in [0.05, 0.1) is 19.1 Å². The molecule has 0 unspecified atom stereocenters. The first kappa shape index (κ1) is 21.2. The standard InChI is InChI=1S/C25H38O3/c1-3-19-5-9-21(10-6-19)22-11-13-23(14-12-22)25(26)28-18-17-20-7-15-24(16-8-20)27-4-2/h7-8,15-16,19,21-23H,3-6,9-14,17-18H2,1-2H3. The number of carbonyl (C=O) groups excluding carboxylic acids is 1. The Balaban J connectivity index is 1.34. The molecule has 0 aliphatic heterocycles. The third-order valence-electron chi connectivity index (χ3n) is 7.11. The first-order valence-corrected chi connectivity index (χ1v) is 11.6. The molecule has 2 aliphatic carbocycles. The van der Waals surface area contributed by atoms with E-state index < -0.39 is 0 Å². The van der Waals surface area contributed by atoms with Gasteiger partial charge in [0, 0.05) is 6.42 Å². The smallest absolute Gasteiger partial charge is 0.308 e. The van der Waals surface area contributed by atoms with E-state index >= 15 is 0 Å². The van der Waals surface area contributed by atoms with E-state index in [0.717, 1.165) is 42.8 Å². The van der Waals surface area contributed by atoms with Crippen LogP contribution in [0.3, 0.4) is 0 Å². The normalized spacial score (nSPS) is 27.9. The van der Waals surface area contributed by atoms with Crippen molar-refractivity contribution in [2.24, 2.45) is 23.7 Å². The Kier molecular flexibility index (Phi) is 8.24. The van der Waals surface area contributed by atoms with Crippen LogP contribution in [0.2, 0.25) is 0 Å². The van der Waals surface area contributed by atoms with E-state index in [1.807, 2.05) is 19.1 Å². The van der Waals surface area contributed by atoms with Gasteiger partial charge >= 0.3 is 5.97 Å². The van der Waals surface area contributed by atoms with Crippen LogP contribution in [0.5, 0.6) is 5.75 Å². The summed E-state index contributed by atoms with van der Waals surface area (Å²) in [5.41, 5.74) is 1.18. The molecule has 0 saturated heterocycles. The largest absolute Gasteiger partial charge is 0.494 e. The van der Waals surface area contributed by atoms with Crippen molar-refractivity contribution in [3.05, 3.63) is 29.8 Å². The van der Waals surface area contributed by atoms with Gasteiger partial charge in [0.1, 0.15) is 5.75 Å². The summed E-state index contributed by atoms with van der Waals surface area (Å²) in [6.45, 7) is 5.47. The van der Waals surface area contributed by atoms with Crippen molar-refractivity contribution in [1.29, 1.82) is 0 Å². The SMILES string of the molecule is CCOc1ccc(CCOC(=O)C2CCC(C3CCC(CC)CC3)CC2)cc1. The zero-order chi connectivity index (χ0) is 19.8. The summed E-state index contributed by atoms with van der Waals surface area (Å²) in [5.74, 6) is 3.79. The number of rotatable bonds is 8. The van der Waals surface area contributed by atoms with Crippen molar-refractivity contribution in [2.75, 3.05) is 13.2 Å². The molecule has 156 valence electrons. The monoisotopic (exact) mass is 386 g/mol. The fourth-order valence-electron chi connectivity index (χ4n) is 5.20. The molecule has 2 fully saturated rings. The molecule has 1 aromatic rings.